The number of rotatable bonds is 3. The van der Waals surface area contributed by atoms with E-state index in [-0.39, 0.29) is 0 Å². The van der Waals surface area contributed by atoms with Gasteiger partial charge in [-0.2, -0.15) is 5.43 Å². The van der Waals surface area contributed by atoms with Crippen molar-refractivity contribution in [2.75, 3.05) is 12.1 Å². The second kappa shape index (κ2) is 4.66. The third-order valence-corrected chi connectivity index (χ3v) is 2.37. The average Bonchev–Trinajstić information content (AvgIpc) is 2.31. The van der Waals surface area contributed by atoms with E-state index in [2.05, 4.69) is 23.4 Å². The molecule has 0 atom stereocenters. The molecule has 1 heterocycles. The van der Waals surface area contributed by atoms with E-state index in [1.807, 2.05) is 48.5 Å². The first-order chi connectivity index (χ1) is 7.77. The lowest BCUT2D eigenvalue weighted by Gasteiger charge is -2.19. The van der Waals surface area contributed by atoms with Gasteiger partial charge < -0.3 is 0 Å². The van der Waals surface area contributed by atoms with Crippen LogP contribution < -0.4 is 10.4 Å². The zero-order valence-corrected chi connectivity index (χ0v) is 9.46. The minimum Gasteiger partial charge on any atom is -0.266 e. The highest BCUT2D eigenvalue weighted by molar-refractivity contribution is 5.52. The van der Waals surface area contributed by atoms with Crippen LogP contribution >= 0.6 is 0 Å². The minimum absolute atomic E-state index is 0.716. The van der Waals surface area contributed by atoms with Crippen molar-refractivity contribution in [1.29, 1.82) is 0 Å². The average molecular weight is 212 g/mol. The van der Waals surface area contributed by atoms with E-state index >= 15 is 0 Å². The number of aromatic nitrogens is 1. The van der Waals surface area contributed by atoms with E-state index in [1.165, 1.54) is 5.56 Å². The topological polar surface area (TPSA) is 30.2 Å². The lowest BCUT2D eigenvalue weighted by Crippen LogP contribution is -2.24. The molecular formula is C13H14N3. The predicted octanol–water partition coefficient (Wildman–Crippen LogP) is 2.68. The number of anilines is 1. The van der Waals surface area contributed by atoms with Gasteiger partial charge in [0.2, 0.25) is 0 Å². The van der Waals surface area contributed by atoms with Gasteiger partial charge in [-0.3, -0.25) is 5.01 Å². The van der Waals surface area contributed by atoms with Gasteiger partial charge in [-0.15, -0.1) is 0 Å². The van der Waals surface area contributed by atoms with E-state index in [4.69, 9.17) is 0 Å². The molecule has 1 aromatic heterocycles. The SMILES string of the molecule is Cc1ccccc1N(C)[N]c1ccccn1. The highest BCUT2D eigenvalue weighted by Crippen LogP contribution is 2.18. The fourth-order valence-electron chi connectivity index (χ4n) is 1.55. The third-order valence-electron chi connectivity index (χ3n) is 2.37. The van der Waals surface area contributed by atoms with Crippen molar-refractivity contribution in [2.24, 2.45) is 0 Å². The molecule has 0 aliphatic carbocycles. The predicted molar refractivity (Wildman–Crippen MR) is 65.6 cm³/mol. The van der Waals surface area contributed by atoms with Crippen LogP contribution in [0.4, 0.5) is 11.5 Å². The fourth-order valence-corrected chi connectivity index (χ4v) is 1.55. The van der Waals surface area contributed by atoms with E-state index in [0.29, 0.717) is 5.82 Å². The lowest BCUT2D eigenvalue weighted by molar-refractivity contribution is 0.808. The summed E-state index contributed by atoms with van der Waals surface area (Å²) >= 11 is 0. The standard InChI is InChI=1S/C13H14N3/c1-11-7-3-4-8-12(11)16(2)15-13-9-5-6-10-14-13/h3-10H,1-2H3. The minimum atomic E-state index is 0.716. The van der Waals surface area contributed by atoms with Gasteiger partial charge in [-0.25, -0.2) is 4.98 Å². The molecule has 0 fully saturated rings. The lowest BCUT2D eigenvalue weighted by atomic mass is 10.2. The van der Waals surface area contributed by atoms with Crippen molar-refractivity contribution in [3.63, 3.8) is 0 Å². The monoisotopic (exact) mass is 212 g/mol. The van der Waals surface area contributed by atoms with Gasteiger partial charge in [0.05, 0.1) is 5.69 Å². The maximum atomic E-state index is 4.41. The molecule has 0 saturated heterocycles. The molecule has 1 aromatic carbocycles. The molecule has 2 rings (SSSR count). The molecule has 0 spiro atoms. The molecule has 0 unspecified atom stereocenters. The molecule has 3 nitrogen and oxygen atoms in total. The van der Waals surface area contributed by atoms with Gasteiger partial charge in [0.1, 0.15) is 0 Å². The maximum absolute atomic E-state index is 4.41. The van der Waals surface area contributed by atoms with Crippen LogP contribution in [-0.4, -0.2) is 12.0 Å². The maximum Gasteiger partial charge on any atom is 0.172 e. The van der Waals surface area contributed by atoms with Gasteiger partial charge >= 0.3 is 0 Å². The van der Waals surface area contributed by atoms with Crippen molar-refractivity contribution in [1.82, 2.24) is 10.4 Å². The molecule has 0 aliphatic rings. The van der Waals surface area contributed by atoms with Crippen LogP contribution in [0.25, 0.3) is 0 Å². The van der Waals surface area contributed by atoms with Gasteiger partial charge in [0.25, 0.3) is 0 Å². The number of hydrogen-bond donors (Lipinski definition) is 0. The van der Waals surface area contributed by atoms with Crippen molar-refractivity contribution in [3.8, 4) is 0 Å². The van der Waals surface area contributed by atoms with Crippen molar-refractivity contribution < 1.29 is 0 Å². The Morgan fingerprint density at radius 2 is 1.81 bits per heavy atom. The van der Waals surface area contributed by atoms with Crippen LogP contribution in [0.2, 0.25) is 0 Å². The Bertz CT molecular complexity index is 454. The molecule has 16 heavy (non-hydrogen) atoms. The molecule has 1 radical (unpaired) electrons. The highest BCUT2D eigenvalue weighted by Gasteiger charge is 2.05. The molecule has 81 valence electrons. The quantitative estimate of drug-likeness (QED) is 0.732. The number of hydrogen-bond acceptors (Lipinski definition) is 2. The summed E-state index contributed by atoms with van der Waals surface area (Å²) in [5.41, 5.74) is 6.70. The van der Waals surface area contributed by atoms with Gasteiger partial charge in [0.15, 0.2) is 5.82 Å². The van der Waals surface area contributed by atoms with Crippen LogP contribution in [0.5, 0.6) is 0 Å². The first-order valence-electron chi connectivity index (χ1n) is 5.19. The van der Waals surface area contributed by atoms with Gasteiger partial charge in [-0.05, 0) is 30.7 Å². The summed E-state index contributed by atoms with van der Waals surface area (Å²) in [5, 5.41) is 1.84. The van der Waals surface area contributed by atoms with E-state index in [1.54, 1.807) is 6.20 Å². The van der Waals surface area contributed by atoms with Crippen LogP contribution in [0.3, 0.4) is 0 Å². The second-order valence-electron chi connectivity index (χ2n) is 3.60. The molecule has 2 aromatic rings. The van der Waals surface area contributed by atoms with E-state index in [9.17, 15) is 0 Å². The number of para-hydroxylation sites is 1. The number of pyridine rings is 1. The van der Waals surface area contributed by atoms with E-state index < -0.39 is 0 Å². The van der Waals surface area contributed by atoms with Crippen LogP contribution in [0, 0.1) is 6.92 Å². The Hall–Kier alpha value is -2.03. The number of benzene rings is 1. The van der Waals surface area contributed by atoms with Crippen molar-refractivity contribution in [2.45, 2.75) is 6.92 Å². The Kier molecular flexibility index (Phi) is 3.05. The zero-order chi connectivity index (χ0) is 11.4. The third kappa shape index (κ3) is 2.31. The second-order valence-corrected chi connectivity index (χ2v) is 3.60. The largest absolute Gasteiger partial charge is 0.266 e. The Morgan fingerprint density at radius 1 is 1.06 bits per heavy atom. The first-order valence-corrected chi connectivity index (χ1v) is 5.19. The van der Waals surface area contributed by atoms with Crippen molar-refractivity contribution in [3.05, 3.63) is 54.2 Å². The summed E-state index contributed by atoms with van der Waals surface area (Å²) < 4.78 is 0. The molecule has 0 N–H and O–H groups in total. The molecular weight excluding hydrogens is 198 g/mol. The van der Waals surface area contributed by atoms with Crippen LogP contribution in [0.15, 0.2) is 48.7 Å². The fraction of sp³-hybridized carbons (Fsp3) is 0.154. The molecule has 0 aliphatic heterocycles. The first kappa shape index (κ1) is 10.5. The summed E-state index contributed by atoms with van der Waals surface area (Å²) in [5.74, 6) is 0.716. The highest BCUT2D eigenvalue weighted by atomic mass is 15.5. The smallest absolute Gasteiger partial charge is 0.172 e. The van der Waals surface area contributed by atoms with Crippen molar-refractivity contribution >= 4 is 11.5 Å². The van der Waals surface area contributed by atoms with Gasteiger partial charge in [-0.1, -0.05) is 24.3 Å². The Morgan fingerprint density at radius 3 is 2.50 bits per heavy atom. The van der Waals surface area contributed by atoms with E-state index in [0.717, 1.165) is 5.69 Å². The molecule has 0 bridgehead atoms. The molecule has 0 saturated carbocycles. The molecule has 3 heteroatoms. The summed E-state index contributed by atoms with van der Waals surface area (Å²) in [6.45, 7) is 2.07. The number of nitrogens with zero attached hydrogens (tertiary/aromatic N) is 3. The summed E-state index contributed by atoms with van der Waals surface area (Å²) in [7, 11) is 1.93. The summed E-state index contributed by atoms with van der Waals surface area (Å²) in [6.07, 6.45) is 1.74. The zero-order valence-electron chi connectivity index (χ0n) is 9.46. The normalized spacial score (nSPS) is 9.88. The molecule has 0 amide bonds. The van der Waals surface area contributed by atoms with Crippen LogP contribution in [0.1, 0.15) is 5.56 Å². The Balaban J connectivity index is 2.15. The van der Waals surface area contributed by atoms with Crippen LogP contribution in [-0.2, 0) is 0 Å². The van der Waals surface area contributed by atoms with Gasteiger partial charge in [0, 0.05) is 13.2 Å². The summed E-state index contributed by atoms with van der Waals surface area (Å²) in [4.78, 5) is 4.17. The number of aryl methyl sites for hydroxylation is 1. The Labute approximate surface area is 95.7 Å². The summed E-state index contributed by atoms with van der Waals surface area (Å²) in [6, 6.07) is 13.8.